The zero-order chi connectivity index (χ0) is 9.68. The van der Waals surface area contributed by atoms with Gasteiger partial charge in [0.2, 0.25) is 0 Å². The molecule has 0 aliphatic heterocycles. The van der Waals surface area contributed by atoms with E-state index in [0.717, 1.165) is 0 Å². The Balaban J connectivity index is 2.41. The van der Waals surface area contributed by atoms with Gasteiger partial charge in [0.15, 0.2) is 0 Å². The van der Waals surface area contributed by atoms with Crippen molar-refractivity contribution in [2.45, 2.75) is 26.6 Å². The molecule has 0 heterocycles. The van der Waals surface area contributed by atoms with Gasteiger partial charge in [-0.3, -0.25) is 0 Å². The van der Waals surface area contributed by atoms with Gasteiger partial charge in [-0.25, -0.2) is 0 Å². The molecule has 0 saturated carbocycles. The summed E-state index contributed by atoms with van der Waals surface area (Å²) in [5.41, 5.74) is 7.91. The van der Waals surface area contributed by atoms with Gasteiger partial charge in [0.25, 0.3) is 0 Å². The molecule has 1 atom stereocenters. The third-order valence-corrected chi connectivity index (χ3v) is 1.99. The Morgan fingerprint density at radius 2 is 1.92 bits per heavy atom. The summed E-state index contributed by atoms with van der Waals surface area (Å²) in [7, 11) is 0. The Labute approximate surface area is 79.7 Å². The van der Waals surface area contributed by atoms with Crippen LogP contribution in [0.1, 0.15) is 18.1 Å². The number of nitrogens with two attached hydrogens (primary N) is 1. The summed E-state index contributed by atoms with van der Waals surface area (Å²) >= 11 is 0. The highest BCUT2D eigenvalue weighted by Gasteiger charge is 1.98. The molecule has 13 heavy (non-hydrogen) atoms. The molecule has 2 N–H and O–H groups in total. The SMILES string of the molecule is Cc1ccc(CO[C@H](C)CN)cc1. The monoisotopic (exact) mass is 179 g/mol. The summed E-state index contributed by atoms with van der Waals surface area (Å²) in [4.78, 5) is 0. The molecule has 0 saturated heterocycles. The summed E-state index contributed by atoms with van der Waals surface area (Å²) < 4.78 is 5.49. The van der Waals surface area contributed by atoms with Gasteiger partial charge >= 0.3 is 0 Å². The van der Waals surface area contributed by atoms with Crippen molar-refractivity contribution >= 4 is 0 Å². The molecule has 0 fully saturated rings. The van der Waals surface area contributed by atoms with Gasteiger partial charge in [0, 0.05) is 6.54 Å². The van der Waals surface area contributed by atoms with E-state index in [1.807, 2.05) is 6.92 Å². The highest BCUT2D eigenvalue weighted by molar-refractivity contribution is 5.20. The summed E-state index contributed by atoms with van der Waals surface area (Å²) in [6.07, 6.45) is 0.140. The summed E-state index contributed by atoms with van der Waals surface area (Å²) in [6, 6.07) is 8.34. The molecule has 2 heteroatoms. The molecular weight excluding hydrogens is 162 g/mol. The van der Waals surface area contributed by atoms with Crippen molar-refractivity contribution in [1.29, 1.82) is 0 Å². The van der Waals surface area contributed by atoms with Crippen LogP contribution in [-0.2, 0) is 11.3 Å². The topological polar surface area (TPSA) is 35.2 Å². The standard InChI is InChI=1S/C11H17NO/c1-9-3-5-11(6-4-9)8-13-10(2)7-12/h3-6,10H,7-8,12H2,1-2H3/t10-/m1/s1. The van der Waals surface area contributed by atoms with E-state index in [4.69, 9.17) is 10.5 Å². The lowest BCUT2D eigenvalue weighted by Gasteiger charge is -2.10. The maximum Gasteiger partial charge on any atom is 0.0721 e. The number of aryl methyl sites for hydroxylation is 1. The molecule has 2 nitrogen and oxygen atoms in total. The van der Waals surface area contributed by atoms with Gasteiger partial charge < -0.3 is 10.5 Å². The average molecular weight is 179 g/mol. The van der Waals surface area contributed by atoms with Crippen molar-refractivity contribution in [3.05, 3.63) is 35.4 Å². The van der Waals surface area contributed by atoms with Gasteiger partial charge in [0.1, 0.15) is 0 Å². The van der Waals surface area contributed by atoms with E-state index in [2.05, 4.69) is 31.2 Å². The van der Waals surface area contributed by atoms with Crippen LogP contribution in [0.5, 0.6) is 0 Å². The fraction of sp³-hybridized carbons (Fsp3) is 0.455. The average Bonchev–Trinajstić information content (AvgIpc) is 2.16. The smallest absolute Gasteiger partial charge is 0.0721 e. The number of ether oxygens (including phenoxy) is 1. The van der Waals surface area contributed by atoms with Gasteiger partial charge in [-0.05, 0) is 19.4 Å². The van der Waals surface area contributed by atoms with Crippen LogP contribution in [0.25, 0.3) is 0 Å². The van der Waals surface area contributed by atoms with Crippen LogP contribution in [0.3, 0.4) is 0 Å². The lowest BCUT2D eigenvalue weighted by atomic mass is 10.2. The van der Waals surface area contributed by atoms with Crippen molar-refractivity contribution in [3.8, 4) is 0 Å². The first-order valence-corrected chi connectivity index (χ1v) is 4.59. The van der Waals surface area contributed by atoms with Crippen LogP contribution in [0, 0.1) is 6.92 Å². The first-order valence-electron chi connectivity index (χ1n) is 4.59. The Morgan fingerprint density at radius 1 is 1.31 bits per heavy atom. The van der Waals surface area contributed by atoms with Crippen LogP contribution in [0.15, 0.2) is 24.3 Å². The Kier molecular flexibility index (Phi) is 3.93. The predicted octanol–water partition coefficient (Wildman–Crippen LogP) is 1.86. The van der Waals surface area contributed by atoms with E-state index in [0.29, 0.717) is 13.2 Å². The third kappa shape index (κ3) is 3.57. The second-order valence-corrected chi connectivity index (χ2v) is 3.34. The fourth-order valence-corrected chi connectivity index (χ4v) is 0.991. The van der Waals surface area contributed by atoms with Crippen LogP contribution in [-0.4, -0.2) is 12.6 Å². The van der Waals surface area contributed by atoms with E-state index < -0.39 is 0 Å². The Hall–Kier alpha value is -0.860. The number of hydrogen-bond acceptors (Lipinski definition) is 2. The lowest BCUT2D eigenvalue weighted by molar-refractivity contribution is 0.0590. The van der Waals surface area contributed by atoms with E-state index in [9.17, 15) is 0 Å². The third-order valence-electron chi connectivity index (χ3n) is 1.99. The molecule has 0 amide bonds. The minimum Gasteiger partial charge on any atom is -0.373 e. The van der Waals surface area contributed by atoms with Crippen LogP contribution in [0.4, 0.5) is 0 Å². The largest absolute Gasteiger partial charge is 0.373 e. The quantitative estimate of drug-likeness (QED) is 0.765. The van der Waals surface area contributed by atoms with Crippen molar-refractivity contribution in [1.82, 2.24) is 0 Å². The highest BCUT2D eigenvalue weighted by atomic mass is 16.5. The number of hydrogen-bond donors (Lipinski definition) is 1. The van der Waals surface area contributed by atoms with Crippen molar-refractivity contribution < 1.29 is 4.74 Å². The van der Waals surface area contributed by atoms with E-state index >= 15 is 0 Å². The molecule has 1 aromatic rings. The molecule has 72 valence electrons. The predicted molar refractivity (Wildman–Crippen MR) is 54.5 cm³/mol. The second kappa shape index (κ2) is 5.00. The lowest BCUT2D eigenvalue weighted by Crippen LogP contribution is -2.19. The first-order chi connectivity index (χ1) is 6.22. The zero-order valence-electron chi connectivity index (χ0n) is 8.29. The van der Waals surface area contributed by atoms with E-state index in [1.165, 1.54) is 11.1 Å². The molecule has 0 bridgehead atoms. The minimum atomic E-state index is 0.140. The van der Waals surface area contributed by atoms with Crippen LogP contribution < -0.4 is 5.73 Å². The zero-order valence-corrected chi connectivity index (χ0v) is 8.29. The van der Waals surface area contributed by atoms with Gasteiger partial charge in [0.05, 0.1) is 12.7 Å². The van der Waals surface area contributed by atoms with E-state index in [1.54, 1.807) is 0 Å². The van der Waals surface area contributed by atoms with Crippen LogP contribution in [0.2, 0.25) is 0 Å². The highest BCUT2D eigenvalue weighted by Crippen LogP contribution is 2.05. The maximum absolute atomic E-state index is 5.49. The van der Waals surface area contributed by atoms with Gasteiger partial charge in [-0.1, -0.05) is 29.8 Å². The molecule has 1 aromatic carbocycles. The second-order valence-electron chi connectivity index (χ2n) is 3.34. The molecule has 0 spiro atoms. The molecule has 0 aromatic heterocycles. The summed E-state index contributed by atoms with van der Waals surface area (Å²) in [5.74, 6) is 0. The van der Waals surface area contributed by atoms with Crippen LogP contribution >= 0.6 is 0 Å². The molecule has 1 rings (SSSR count). The first kappa shape index (κ1) is 10.2. The Bertz CT molecular complexity index is 243. The summed E-state index contributed by atoms with van der Waals surface area (Å²) in [6.45, 7) is 5.28. The minimum absolute atomic E-state index is 0.140. The van der Waals surface area contributed by atoms with Crippen molar-refractivity contribution in [2.75, 3.05) is 6.54 Å². The van der Waals surface area contributed by atoms with Crippen molar-refractivity contribution in [2.24, 2.45) is 5.73 Å². The Morgan fingerprint density at radius 3 is 2.46 bits per heavy atom. The molecule has 0 aliphatic rings. The summed E-state index contributed by atoms with van der Waals surface area (Å²) in [5, 5.41) is 0. The normalized spacial score (nSPS) is 12.8. The maximum atomic E-state index is 5.49. The number of rotatable bonds is 4. The molecule has 0 radical (unpaired) electrons. The molecular formula is C11H17NO. The fourth-order valence-electron chi connectivity index (χ4n) is 0.991. The van der Waals surface area contributed by atoms with Gasteiger partial charge in [-0.2, -0.15) is 0 Å². The van der Waals surface area contributed by atoms with Crippen molar-refractivity contribution in [3.63, 3.8) is 0 Å². The number of benzene rings is 1. The van der Waals surface area contributed by atoms with E-state index in [-0.39, 0.29) is 6.10 Å². The van der Waals surface area contributed by atoms with Gasteiger partial charge in [-0.15, -0.1) is 0 Å². The molecule has 0 unspecified atom stereocenters. The molecule has 0 aliphatic carbocycles.